The predicted molar refractivity (Wildman–Crippen MR) is 103 cm³/mol. The first-order chi connectivity index (χ1) is 13.1. The van der Waals surface area contributed by atoms with E-state index in [0.29, 0.717) is 22.2 Å². The van der Waals surface area contributed by atoms with E-state index >= 15 is 0 Å². The Hall–Kier alpha value is -3.84. The lowest BCUT2D eigenvalue weighted by Gasteiger charge is -2.12. The molecule has 1 heterocycles. The van der Waals surface area contributed by atoms with Crippen LogP contribution in [0.5, 0.6) is 0 Å². The highest BCUT2D eigenvalue weighted by atomic mass is 19.1. The molecule has 0 spiro atoms. The van der Waals surface area contributed by atoms with Crippen LogP contribution in [0, 0.1) is 17.7 Å². The van der Waals surface area contributed by atoms with Gasteiger partial charge in [0, 0.05) is 22.7 Å². The van der Waals surface area contributed by atoms with Gasteiger partial charge in [-0.25, -0.2) is 9.18 Å². The average molecular weight is 355 g/mol. The minimum Gasteiger partial charge on any atom is -0.478 e. The fourth-order valence-electron chi connectivity index (χ4n) is 3.05. The summed E-state index contributed by atoms with van der Waals surface area (Å²) in [6.07, 6.45) is 1.74. The second-order valence-electron chi connectivity index (χ2n) is 6.01. The van der Waals surface area contributed by atoms with Gasteiger partial charge in [-0.05, 0) is 48.5 Å². The molecule has 0 aliphatic carbocycles. The monoisotopic (exact) mass is 355 g/mol. The van der Waals surface area contributed by atoms with Gasteiger partial charge in [-0.3, -0.25) is 0 Å². The number of benzene rings is 3. The summed E-state index contributed by atoms with van der Waals surface area (Å²) in [6.45, 7) is 0. The van der Waals surface area contributed by atoms with Crippen molar-refractivity contribution in [2.24, 2.45) is 0 Å². The van der Waals surface area contributed by atoms with Crippen molar-refractivity contribution in [3.8, 4) is 17.5 Å². The van der Waals surface area contributed by atoms with Crippen LogP contribution in [-0.4, -0.2) is 15.6 Å². The molecular weight excluding hydrogens is 341 g/mol. The molecule has 3 nitrogen and oxygen atoms in total. The predicted octanol–water partition coefficient (Wildman–Crippen LogP) is 4.87. The molecule has 0 aliphatic rings. The normalized spacial score (nSPS) is 10.4. The van der Waals surface area contributed by atoms with E-state index in [2.05, 4.69) is 11.8 Å². The van der Waals surface area contributed by atoms with Crippen LogP contribution in [0.4, 0.5) is 4.39 Å². The number of carbonyl (C=O) groups is 1. The molecule has 0 radical (unpaired) electrons. The Kier molecular flexibility index (Phi) is 4.19. The number of hydrogen-bond acceptors (Lipinski definition) is 1. The van der Waals surface area contributed by atoms with Gasteiger partial charge in [0.25, 0.3) is 0 Å². The van der Waals surface area contributed by atoms with Gasteiger partial charge in [0.05, 0.1) is 16.8 Å². The summed E-state index contributed by atoms with van der Waals surface area (Å²) in [4.78, 5) is 11.8. The first kappa shape index (κ1) is 16.6. The van der Waals surface area contributed by atoms with Gasteiger partial charge < -0.3 is 9.67 Å². The van der Waals surface area contributed by atoms with E-state index in [-0.39, 0.29) is 11.4 Å². The number of rotatable bonds is 2. The molecule has 0 fully saturated rings. The molecular formula is C23H14FNO2. The van der Waals surface area contributed by atoms with Gasteiger partial charge in [-0.2, -0.15) is 0 Å². The minimum absolute atomic E-state index is 0.136. The highest BCUT2D eigenvalue weighted by Crippen LogP contribution is 2.26. The van der Waals surface area contributed by atoms with Crippen molar-refractivity contribution in [3.63, 3.8) is 0 Å². The Bertz CT molecular complexity index is 1210. The number of carboxylic acid groups (broad SMARTS) is 1. The second-order valence-corrected chi connectivity index (χ2v) is 6.01. The van der Waals surface area contributed by atoms with Gasteiger partial charge in [0.2, 0.25) is 0 Å². The Balaban J connectivity index is 1.95. The van der Waals surface area contributed by atoms with E-state index in [0.717, 1.165) is 5.56 Å². The Morgan fingerprint density at radius 2 is 1.74 bits per heavy atom. The number of hydrogen-bond donors (Lipinski definition) is 1. The van der Waals surface area contributed by atoms with Crippen molar-refractivity contribution in [2.75, 3.05) is 0 Å². The molecule has 0 saturated carbocycles. The molecule has 0 aliphatic heterocycles. The summed E-state index contributed by atoms with van der Waals surface area (Å²) in [7, 11) is 0. The largest absolute Gasteiger partial charge is 0.478 e. The Morgan fingerprint density at radius 1 is 0.926 bits per heavy atom. The Labute approximate surface area is 155 Å². The third-order valence-corrected chi connectivity index (χ3v) is 4.27. The van der Waals surface area contributed by atoms with E-state index in [1.54, 1.807) is 41.1 Å². The molecule has 4 rings (SSSR count). The topological polar surface area (TPSA) is 42.2 Å². The molecule has 1 N–H and O–H groups in total. The number of aromatic nitrogens is 1. The van der Waals surface area contributed by atoms with Crippen molar-refractivity contribution < 1.29 is 14.3 Å². The van der Waals surface area contributed by atoms with Gasteiger partial charge in [-0.1, -0.05) is 36.1 Å². The van der Waals surface area contributed by atoms with Crippen LogP contribution in [-0.2, 0) is 0 Å². The van der Waals surface area contributed by atoms with Gasteiger partial charge in [0.1, 0.15) is 5.82 Å². The molecule has 1 aromatic heterocycles. The molecule has 4 aromatic rings. The quantitative estimate of drug-likeness (QED) is 0.521. The maximum Gasteiger partial charge on any atom is 0.337 e. The second kappa shape index (κ2) is 6.81. The summed E-state index contributed by atoms with van der Waals surface area (Å²) in [5.74, 6) is 4.77. The summed E-state index contributed by atoms with van der Waals surface area (Å²) >= 11 is 0. The fourth-order valence-corrected chi connectivity index (χ4v) is 3.05. The zero-order chi connectivity index (χ0) is 18.8. The van der Waals surface area contributed by atoms with Crippen LogP contribution in [0.15, 0.2) is 79.0 Å². The summed E-state index contributed by atoms with van der Waals surface area (Å²) in [5.41, 5.74) is 2.74. The van der Waals surface area contributed by atoms with Crippen LogP contribution in [0.25, 0.3) is 16.6 Å². The maximum atomic E-state index is 13.5. The SMILES string of the molecule is O=C(O)c1cccc(C#Cc2ccccc2)c1-n1ccc2cc(F)ccc21. The zero-order valence-electron chi connectivity index (χ0n) is 14.2. The van der Waals surface area contributed by atoms with Crippen molar-refractivity contribution >= 4 is 16.9 Å². The van der Waals surface area contributed by atoms with E-state index in [9.17, 15) is 14.3 Å². The minimum atomic E-state index is -1.04. The molecule has 0 bridgehead atoms. The third kappa shape index (κ3) is 3.19. The first-order valence-electron chi connectivity index (χ1n) is 8.34. The van der Waals surface area contributed by atoms with E-state index in [4.69, 9.17) is 0 Å². The number of aromatic carboxylic acids is 1. The number of fused-ring (bicyclic) bond motifs is 1. The fraction of sp³-hybridized carbons (Fsp3) is 0. The third-order valence-electron chi connectivity index (χ3n) is 4.27. The van der Waals surface area contributed by atoms with Crippen LogP contribution >= 0.6 is 0 Å². The van der Waals surface area contributed by atoms with Gasteiger partial charge in [-0.15, -0.1) is 0 Å². The van der Waals surface area contributed by atoms with Crippen molar-refractivity contribution in [3.05, 3.63) is 102 Å². The number of carboxylic acids is 1. The van der Waals surface area contributed by atoms with Crippen LogP contribution < -0.4 is 0 Å². The smallest absolute Gasteiger partial charge is 0.337 e. The summed E-state index contributed by atoms with van der Waals surface area (Å²) in [6, 6.07) is 20.7. The average Bonchev–Trinajstić information content (AvgIpc) is 3.09. The lowest BCUT2D eigenvalue weighted by Crippen LogP contribution is -2.07. The number of nitrogens with zero attached hydrogens (tertiary/aromatic N) is 1. The molecule has 0 atom stereocenters. The standard InChI is InChI=1S/C23H14FNO2/c24-19-11-12-21-18(15-19)13-14-25(21)22-17(7-4-8-20(22)23(26)27)10-9-16-5-2-1-3-6-16/h1-8,11-15H,(H,26,27). The Morgan fingerprint density at radius 3 is 2.52 bits per heavy atom. The molecule has 0 unspecified atom stereocenters. The van der Waals surface area contributed by atoms with Crippen LogP contribution in [0.1, 0.15) is 21.5 Å². The number of halogens is 1. The van der Waals surface area contributed by atoms with Crippen molar-refractivity contribution in [1.29, 1.82) is 0 Å². The van der Waals surface area contributed by atoms with E-state index in [1.165, 1.54) is 12.1 Å². The lowest BCUT2D eigenvalue weighted by atomic mass is 10.1. The van der Waals surface area contributed by atoms with Crippen molar-refractivity contribution in [2.45, 2.75) is 0 Å². The molecule has 27 heavy (non-hydrogen) atoms. The highest BCUT2D eigenvalue weighted by Gasteiger charge is 2.16. The van der Waals surface area contributed by atoms with Crippen LogP contribution in [0.2, 0.25) is 0 Å². The van der Waals surface area contributed by atoms with E-state index in [1.807, 2.05) is 30.3 Å². The van der Waals surface area contributed by atoms with Crippen molar-refractivity contribution in [1.82, 2.24) is 4.57 Å². The van der Waals surface area contributed by atoms with E-state index < -0.39 is 5.97 Å². The zero-order valence-corrected chi connectivity index (χ0v) is 14.2. The summed E-state index contributed by atoms with van der Waals surface area (Å²) < 4.78 is 15.3. The highest BCUT2D eigenvalue weighted by molar-refractivity contribution is 5.95. The molecule has 4 heteroatoms. The number of para-hydroxylation sites is 1. The van der Waals surface area contributed by atoms with Gasteiger partial charge in [0.15, 0.2) is 0 Å². The first-order valence-corrected chi connectivity index (χ1v) is 8.34. The molecule has 3 aromatic carbocycles. The molecule has 0 amide bonds. The molecule has 0 saturated heterocycles. The van der Waals surface area contributed by atoms with Gasteiger partial charge >= 0.3 is 5.97 Å². The maximum absolute atomic E-state index is 13.5. The lowest BCUT2D eigenvalue weighted by molar-refractivity contribution is 0.0697. The van der Waals surface area contributed by atoms with Crippen LogP contribution in [0.3, 0.4) is 0 Å². The molecule has 130 valence electrons. The summed E-state index contributed by atoms with van der Waals surface area (Å²) in [5, 5.41) is 10.4.